The molecule has 0 saturated carbocycles. The Bertz CT molecular complexity index is 773. The van der Waals surface area contributed by atoms with Crippen LogP contribution >= 0.6 is 23.2 Å². The zero-order chi connectivity index (χ0) is 17.6. The number of benzene rings is 1. The van der Waals surface area contributed by atoms with Crippen LogP contribution < -0.4 is 10.3 Å². The number of hydrogen-bond donors (Lipinski definition) is 0. The summed E-state index contributed by atoms with van der Waals surface area (Å²) in [5.41, 5.74) is 0.155. The molecule has 134 valence electrons. The van der Waals surface area contributed by atoms with Crippen molar-refractivity contribution >= 4 is 23.2 Å². The lowest BCUT2D eigenvalue weighted by Gasteiger charge is -2.26. The summed E-state index contributed by atoms with van der Waals surface area (Å²) < 4.78 is 6.93. The van der Waals surface area contributed by atoms with Crippen molar-refractivity contribution in [1.82, 2.24) is 14.7 Å². The molecule has 0 atom stereocenters. The zero-order valence-corrected chi connectivity index (χ0v) is 15.5. The van der Waals surface area contributed by atoms with Gasteiger partial charge < -0.3 is 9.64 Å². The molecule has 5 nitrogen and oxygen atoms in total. The molecule has 0 radical (unpaired) electrons. The maximum absolute atomic E-state index is 12.1. The van der Waals surface area contributed by atoms with Crippen LogP contribution in [0.1, 0.15) is 25.7 Å². The number of hydrogen-bond acceptors (Lipinski definition) is 4. The maximum Gasteiger partial charge on any atom is 0.271 e. The van der Waals surface area contributed by atoms with Crippen LogP contribution in [0.2, 0.25) is 10.0 Å². The number of aromatic nitrogens is 2. The quantitative estimate of drug-likeness (QED) is 0.714. The Morgan fingerprint density at radius 3 is 2.68 bits per heavy atom. The third kappa shape index (κ3) is 4.97. The topological polar surface area (TPSA) is 47.4 Å². The standard InChI is InChI=1S/C18H21Cl2N3O2/c19-14-5-6-15(20)16(13-14)23-18(24)8-7-17(21-23)25-12-4-11-22-9-2-1-3-10-22/h5-8,13H,1-4,9-12H2. The van der Waals surface area contributed by atoms with Gasteiger partial charge in [0.25, 0.3) is 5.56 Å². The average molecular weight is 382 g/mol. The van der Waals surface area contributed by atoms with Crippen molar-refractivity contribution in [3.05, 3.63) is 50.7 Å². The smallest absolute Gasteiger partial charge is 0.271 e. The van der Waals surface area contributed by atoms with Crippen LogP contribution in [-0.4, -0.2) is 40.9 Å². The highest BCUT2D eigenvalue weighted by Crippen LogP contribution is 2.23. The molecule has 2 heterocycles. The van der Waals surface area contributed by atoms with E-state index in [1.807, 2.05) is 0 Å². The van der Waals surface area contributed by atoms with Gasteiger partial charge in [-0.1, -0.05) is 29.6 Å². The number of halogens is 2. The summed E-state index contributed by atoms with van der Waals surface area (Å²) in [6, 6.07) is 7.92. The van der Waals surface area contributed by atoms with E-state index in [4.69, 9.17) is 27.9 Å². The van der Waals surface area contributed by atoms with E-state index in [0.29, 0.717) is 28.2 Å². The van der Waals surface area contributed by atoms with Crippen LogP contribution in [-0.2, 0) is 0 Å². The van der Waals surface area contributed by atoms with E-state index in [1.54, 1.807) is 24.3 Å². The minimum Gasteiger partial charge on any atom is -0.477 e. The monoisotopic (exact) mass is 381 g/mol. The summed E-state index contributed by atoms with van der Waals surface area (Å²) >= 11 is 12.2. The lowest BCUT2D eigenvalue weighted by molar-refractivity contribution is 0.202. The highest BCUT2D eigenvalue weighted by molar-refractivity contribution is 6.34. The number of rotatable bonds is 6. The SMILES string of the molecule is O=c1ccc(OCCCN2CCCCC2)nn1-c1cc(Cl)ccc1Cl. The molecule has 3 rings (SSSR count). The molecule has 7 heteroatoms. The van der Waals surface area contributed by atoms with Gasteiger partial charge in [-0.3, -0.25) is 4.79 Å². The molecule has 25 heavy (non-hydrogen) atoms. The van der Waals surface area contributed by atoms with Crippen molar-refractivity contribution in [1.29, 1.82) is 0 Å². The van der Waals surface area contributed by atoms with Crippen LogP contribution in [0.5, 0.6) is 5.88 Å². The summed E-state index contributed by atoms with van der Waals surface area (Å²) in [6.07, 6.45) is 4.84. The highest BCUT2D eigenvalue weighted by atomic mass is 35.5. The molecular formula is C18H21Cl2N3O2. The van der Waals surface area contributed by atoms with E-state index in [9.17, 15) is 4.79 Å². The molecule has 0 unspecified atom stereocenters. The minimum absolute atomic E-state index is 0.287. The predicted molar refractivity (Wildman–Crippen MR) is 100 cm³/mol. The molecule has 0 N–H and O–H groups in total. The molecule has 1 aliphatic heterocycles. The van der Waals surface area contributed by atoms with Gasteiger partial charge in [-0.05, 0) is 50.6 Å². The van der Waals surface area contributed by atoms with E-state index < -0.39 is 0 Å². The first-order valence-corrected chi connectivity index (χ1v) is 9.30. The molecule has 2 aromatic rings. The lowest BCUT2D eigenvalue weighted by atomic mass is 10.1. The molecule has 0 bridgehead atoms. The van der Waals surface area contributed by atoms with Gasteiger partial charge in [0, 0.05) is 23.7 Å². The summed E-state index contributed by atoms with van der Waals surface area (Å²) in [5, 5.41) is 5.14. The summed E-state index contributed by atoms with van der Waals surface area (Å²) in [5.74, 6) is 0.397. The molecule has 1 aromatic carbocycles. The Labute approximate surface area is 157 Å². The van der Waals surface area contributed by atoms with E-state index in [1.165, 1.54) is 43.1 Å². The molecule has 0 amide bonds. The number of piperidine rings is 1. The van der Waals surface area contributed by atoms with Crippen LogP contribution in [0.3, 0.4) is 0 Å². The molecule has 1 saturated heterocycles. The van der Waals surface area contributed by atoms with Gasteiger partial charge in [0.05, 0.1) is 17.3 Å². The highest BCUT2D eigenvalue weighted by Gasteiger charge is 2.11. The first-order valence-electron chi connectivity index (χ1n) is 8.54. The Morgan fingerprint density at radius 1 is 1.08 bits per heavy atom. The van der Waals surface area contributed by atoms with Crippen molar-refractivity contribution in [2.45, 2.75) is 25.7 Å². The van der Waals surface area contributed by atoms with Gasteiger partial charge in [-0.15, -0.1) is 5.10 Å². The van der Waals surface area contributed by atoms with E-state index >= 15 is 0 Å². The van der Waals surface area contributed by atoms with E-state index in [-0.39, 0.29) is 5.56 Å². The van der Waals surface area contributed by atoms with Gasteiger partial charge in [0.2, 0.25) is 5.88 Å². The van der Waals surface area contributed by atoms with E-state index in [0.717, 1.165) is 13.0 Å². The maximum atomic E-state index is 12.1. The second-order valence-electron chi connectivity index (χ2n) is 6.12. The second-order valence-corrected chi connectivity index (χ2v) is 6.97. The molecule has 1 aliphatic rings. The summed E-state index contributed by atoms with van der Waals surface area (Å²) in [7, 11) is 0. The molecule has 0 spiro atoms. The van der Waals surface area contributed by atoms with Crippen LogP contribution in [0.4, 0.5) is 0 Å². The van der Waals surface area contributed by atoms with E-state index in [2.05, 4.69) is 10.00 Å². The fourth-order valence-corrected chi connectivity index (χ4v) is 3.30. The first-order chi connectivity index (χ1) is 12.1. The fourth-order valence-electron chi connectivity index (χ4n) is 2.94. The Balaban J connectivity index is 1.63. The Kier molecular flexibility index (Phi) is 6.34. The van der Waals surface area contributed by atoms with Gasteiger partial charge >= 0.3 is 0 Å². The van der Waals surface area contributed by atoms with Crippen LogP contribution in [0.15, 0.2) is 35.1 Å². The molecule has 1 aromatic heterocycles. The lowest BCUT2D eigenvalue weighted by Crippen LogP contribution is -2.31. The fraction of sp³-hybridized carbons (Fsp3) is 0.444. The molecular weight excluding hydrogens is 361 g/mol. The van der Waals surface area contributed by atoms with Crippen molar-refractivity contribution < 1.29 is 4.74 Å². The van der Waals surface area contributed by atoms with Gasteiger partial charge in [0.1, 0.15) is 0 Å². The molecule has 0 aliphatic carbocycles. The Morgan fingerprint density at radius 2 is 1.88 bits per heavy atom. The second kappa shape index (κ2) is 8.70. The van der Waals surface area contributed by atoms with Crippen molar-refractivity contribution in [2.75, 3.05) is 26.2 Å². The normalized spacial score (nSPS) is 15.3. The molecule has 1 fully saturated rings. The minimum atomic E-state index is -0.287. The van der Waals surface area contributed by atoms with Gasteiger partial charge in [-0.25, -0.2) is 0 Å². The van der Waals surface area contributed by atoms with Crippen molar-refractivity contribution in [2.24, 2.45) is 0 Å². The number of likely N-dealkylation sites (tertiary alicyclic amines) is 1. The first kappa shape index (κ1) is 18.2. The number of ether oxygens (including phenoxy) is 1. The predicted octanol–water partition coefficient (Wildman–Crippen LogP) is 3.79. The third-order valence-corrected chi connectivity index (χ3v) is 4.78. The van der Waals surface area contributed by atoms with Gasteiger partial charge in [0.15, 0.2) is 0 Å². The largest absolute Gasteiger partial charge is 0.477 e. The van der Waals surface area contributed by atoms with Crippen LogP contribution in [0.25, 0.3) is 5.69 Å². The Hall–Kier alpha value is -1.56. The summed E-state index contributed by atoms with van der Waals surface area (Å²) in [6.45, 7) is 3.94. The van der Waals surface area contributed by atoms with Gasteiger partial charge in [-0.2, -0.15) is 4.68 Å². The third-order valence-electron chi connectivity index (χ3n) is 4.23. The van der Waals surface area contributed by atoms with Crippen molar-refractivity contribution in [3.63, 3.8) is 0 Å². The van der Waals surface area contributed by atoms with Crippen molar-refractivity contribution in [3.8, 4) is 11.6 Å². The summed E-state index contributed by atoms with van der Waals surface area (Å²) in [4.78, 5) is 14.6. The number of nitrogens with zero attached hydrogens (tertiary/aromatic N) is 3. The average Bonchev–Trinajstić information content (AvgIpc) is 2.63. The van der Waals surface area contributed by atoms with Crippen LogP contribution in [0, 0.1) is 0 Å². The zero-order valence-electron chi connectivity index (χ0n) is 14.0.